The van der Waals surface area contributed by atoms with Crippen molar-refractivity contribution in [2.45, 2.75) is 19.2 Å². The Kier molecular flexibility index (Phi) is 5.31. The average molecular weight is 329 g/mol. The maximum Gasteiger partial charge on any atom is 0.417 e. The number of alkyl halides is 5. The average Bonchev–Trinajstić information content (AvgIpc) is 2.51. The molecule has 23 heavy (non-hydrogen) atoms. The predicted octanol–water partition coefficient (Wildman–Crippen LogP) is 5.19. The lowest BCUT2D eigenvalue weighted by molar-refractivity contribution is -0.137. The third kappa shape index (κ3) is 4.77. The summed E-state index contributed by atoms with van der Waals surface area (Å²) >= 11 is 0. The van der Waals surface area contributed by atoms with Crippen molar-refractivity contribution in [2.24, 2.45) is 5.16 Å². The van der Waals surface area contributed by atoms with Gasteiger partial charge in [-0.05, 0) is 11.6 Å². The van der Waals surface area contributed by atoms with Crippen molar-refractivity contribution in [1.82, 2.24) is 0 Å². The Hall–Kier alpha value is -2.44. The van der Waals surface area contributed by atoms with Gasteiger partial charge in [0, 0.05) is 11.1 Å². The fourth-order valence-corrected chi connectivity index (χ4v) is 1.83. The highest BCUT2D eigenvalue weighted by molar-refractivity contribution is 5.81. The highest BCUT2D eigenvalue weighted by atomic mass is 19.4. The molecular formula is C16H12F5NO. The number of benzene rings is 2. The van der Waals surface area contributed by atoms with E-state index in [1.54, 1.807) is 0 Å². The van der Waals surface area contributed by atoms with Gasteiger partial charge >= 0.3 is 6.18 Å². The number of oxime groups is 1. The molecule has 2 aromatic carbocycles. The smallest absolute Gasteiger partial charge is 0.391 e. The van der Waals surface area contributed by atoms with E-state index in [0.29, 0.717) is 5.56 Å². The fraction of sp³-hybridized carbons (Fsp3) is 0.188. The molecule has 0 aromatic heterocycles. The van der Waals surface area contributed by atoms with E-state index < -0.39 is 18.2 Å². The zero-order valence-electron chi connectivity index (χ0n) is 11.7. The van der Waals surface area contributed by atoms with E-state index in [9.17, 15) is 22.0 Å². The summed E-state index contributed by atoms with van der Waals surface area (Å²) in [5.41, 5.74) is -0.464. The van der Waals surface area contributed by atoms with Crippen molar-refractivity contribution in [1.29, 1.82) is 0 Å². The highest BCUT2D eigenvalue weighted by Gasteiger charge is 2.32. The molecule has 0 atom stereocenters. The Labute approximate surface area is 129 Å². The van der Waals surface area contributed by atoms with Gasteiger partial charge < -0.3 is 4.84 Å². The van der Waals surface area contributed by atoms with Crippen LogP contribution in [0.2, 0.25) is 0 Å². The zero-order valence-corrected chi connectivity index (χ0v) is 11.7. The van der Waals surface area contributed by atoms with E-state index in [2.05, 4.69) is 5.16 Å². The molecule has 0 radical (unpaired) electrons. The van der Waals surface area contributed by atoms with E-state index in [-0.39, 0.29) is 17.7 Å². The topological polar surface area (TPSA) is 21.6 Å². The molecule has 2 rings (SSSR count). The van der Waals surface area contributed by atoms with Crippen molar-refractivity contribution < 1.29 is 26.8 Å². The van der Waals surface area contributed by atoms with Crippen molar-refractivity contribution in [3.63, 3.8) is 0 Å². The molecule has 0 fully saturated rings. The summed E-state index contributed by atoms with van der Waals surface area (Å²) < 4.78 is 63.0. The summed E-state index contributed by atoms with van der Waals surface area (Å²) in [6, 6.07) is 10.4. The number of hydrogen-bond acceptors (Lipinski definition) is 2. The molecule has 7 heteroatoms. The summed E-state index contributed by atoms with van der Waals surface area (Å²) in [5, 5.41) is 3.50. The Morgan fingerprint density at radius 3 is 2.26 bits per heavy atom. The quantitative estimate of drug-likeness (QED) is 0.420. The molecule has 0 bridgehead atoms. The van der Waals surface area contributed by atoms with Gasteiger partial charge in [-0.3, -0.25) is 0 Å². The Balaban J connectivity index is 1.98. The van der Waals surface area contributed by atoms with Crippen LogP contribution in [0.3, 0.4) is 0 Å². The van der Waals surface area contributed by atoms with Gasteiger partial charge in [-0.25, -0.2) is 8.78 Å². The Morgan fingerprint density at radius 2 is 1.65 bits per heavy atom. The number of hydrogen-bond donors (Lipinski definition) is 0. The van der Waals surface area contributed by atoms with Gasteiger partial charge in [-0.1, -0.05) is 47.6 Å². The first-order valence-corrected chi connectivity index (χ1v) is 6.56. The third-order valence-electron chi connectivity index (χ3n) is 3.00. The van der Waals surface area contributed by atoms with Gasteiger partial charge in [0.15, 0.2) is 0 Å². The minimum atomic E-state index is -4.48. The van der Waals surface area contributed by atoms with E-state index in [1.165, 1.54) is 42.5 Å². The van der Waals surface area contributed by atoms with Crippen LogP contribution in [0.5, 0.6) is 0 Å². The molecule has 0 N–H and O–H groups in total. The summed E-state index contributed by atoms with van der Waals surface area (Å²) in [6.07, 6.45) is -6.06. The summed E-state index contributed by atoms with van der Waals surface area (Å²) in [6.45, 7) is -0.0335. The van der Waals surface area contributed by atoms with E-state index in [1.807, 2.05) is 0 Å². The lowest BCUT2D eigenvalue weighted by Crippen LogP contribution is -2.08. The number of halogens is 5. The van der Waals surface area contributed by atoms with Crippen LogP contribution < -0.4 is 0 Å². The molecule has 0 aliphatic rings. The van der Waals surface area contributed by atoms with Crippen LogP contribution in [-0.4, -0.2) is 6.21 Å². The first kappa shape index (κ1) is 16.9. The standard InChI is InChI=1S/C16H12F5NO/c17-15(18)12-7-5-11(6-8-12)10-23-22-9-13-3-1-2-4-14(13)16(19,20)21/h1-9,15H,10H2. The van der Waals surface area contributed by atoms with Crippen molar-refractivity contribution in [3.05, 3.63) is 70.8 Å². The summed E-state index contributed by atoms with van der Waals surface area (Å²) in [5.74, 6) is 0. The normalized spacial score (nSPS) is 12.1. The zero-order chi connectivity index (χ0) is 16.9. The molecule has 0 aliphatic carbocycles. The lowest BCUT2D eigenvalue weighted by Gasteiger charge is -2.09. The monoisotopic (exact) mass is 329 g/mol. The molecule has 0 saturated carbocycles. The van der Waals surface area contributed by atoms with Crippen LogP contribution in [0, 0.1) is 0 Å². The minimum Gasteiger partial charge on any atom is -0.391 e. The van der Waals surface area contributed by atoms with E-state index in [0.717, 1.165) is 12.3 Å². The van der Waals surface area contributed by atoms with Gasteiger partial charge in [0.1, 0.15) is 6.61 Å². The number of rotatable bonds is 5. The fourth-order valence-electron chi connectivity index (χ4n) is 1.83. The molecule has 2 aromatic rings. The third-order valence-corrected chi connectivity index (χ3v) is 3.00. The van der Waals surface area contributed by atoms with Crippen LogP contribution >= 0.6 is 0 Å². The van der Waals surface area contributed by atoms with Gasteiger partial charge in [0.2, 0.25) is 0 Å². The number of nitrogens with zero attached hydrogens (tertiary/aromatic N) is 1. The van der Waals surface area contributed by atoms with E-state index in [4.69, 9.17) is 4.84 Å². The highest BCUT2D eigenvalue weighted by Crippen LogP contribution is 2.31. The largest absolute Gasteiger partial charge is 0.417 e. The second-order valence-electron chi connectivity index (χ2n) is 4.64. The molecule has 0 unspecified atom stereocenters. The SMILES string of the molecule is FC(F)c1ccc(CON=Cc2ccccc2C(F)(F)F)cc1. The Morgan fingerprint density at radius 1 is 1.00 bits per heavy atom. The van der Waals surface area contributed by atoms with Crippen LogP contribution in [0.4, 0.5) is 22.0 Å². The van der Waals surface area contributed by atoms with Crippen molar-refractivity contribution in [3.8, 4) is 0 Å². The van der Waals surface area contributed by atoms with E-state index >= 15 is 0 Å². The molecule has 0 amide bonds. The molecule has 2 nitrogen and oxygen atoms in total. The maximum absolute atomic E-state index is 12.8. The second kappa shape index (κ2) is 7.21. The molecule has 0 saturated heterocycles. The second-order valence-corrected chi connectivity index (χ2v) is 4.64. The van der Waals surface area contributed by atoms with Crippen LogP contribution in [0.15, 0.2) is 53.7 Å². The summed E-state index contributed by atoms with van der Waals surface area (Å²) in [7, 11) is 0. The molecule has 0 aliphatic heterocycles. The predicted molar refractivity (Wildman–Crippen MR) is 75.2 cm³/mol. The Bertz CT molecular complexity index is 665. The summed E-state index contributed by atoms with van der Waals surface area (Å²) in [4.78, 5) is 4.91. The first-order valence-electron chi connectivity index (χ1n) is 6.56. The van der Waals surface area contributed by atoms with Crippen molar-refractivity contribution in [2.75, 3.05) is 0 Å². The molecule has 0 spiro atoms. The minimum absolute atomic E-state index is 0.0335. The molecule has 0 heterocycles. The first-order chi connectivity index (χ1) is 10.9. The van der Waals surface area contributed by atoms with Crippen molar-refractivity contribution >= 4 is 6.21 Å². The van der Waals surface area contributed by atoms with Crippen LogP contribution in [0.1, 0.15) is 28.7 Å². The maximum atomic E-state index is 12.8. The van der Waals surface area contributed by atoms with Gasteiger partial charge in [-0.15, -0.1) is 0 Å². The molecule has 122 valence electrons. The van der Waals surface area contributed by atoms with Gasteiger partial charge in [-0.2, -0.15) is 13.2 Å². The van der Waals surface area contributed by atoms with Crippen LogP contribution in [0.25, 0.3) is 0 Å². The van der Waals surface area contributed by atoms with Gasteiger partial charge in [0.05, 0.1) is 11.8 Å². The lowest BCUT2D eigenvalue weighted by atomic mass is 10.1. The van der Waals surface area contributed by atoms with Crippen LogP contribution in [-0.2, 0) is 17.6 Å². The van der Waals surface area contributed by atoms with Gasteiger partial charge in [0.25, 0.3) is 6.43 Å². The molecular weight excluding hydrogens is 317 g/mol.